The number of morpholine rings is 1. The van der Waals surface area contributed by atoms with Gasteiger partial charge in [0.05, 0.1) is 12.2 Å². The zero-order chi connectivity index (χ0) is 12.6. The van der Waals surface area contributed by atoms with Crippen LogP contribution in [-0.2, 0) is 9.53 Å². The first-order valence-corrected chi connectivity index (χ1v) is 6.32. The number of nitrogens with zero attached hydrogens (tertiary/aromatic N) is 1. The molecule has 2 fully saturated rings. The zero-order valence-electron chi connectivity index (χ0n) is 10.6. The van der Waals surface area contributed by atoms with E-state index in [0.717, 1.165) is 19.5 Å². The van der Waals surface area contributed by atoms with E-state index in [4.69, 9.17) is 15.6 Å². The molecule has 0 aromatic rings. The minimum atomic E-state index is -1.02. The van der Waals surface area contributed by atoms with Gasteiger partial charge in [-0.25, -0.2) is 0 Å². The van der Waals surface area contributed by atoms with E-state index in [-0.39, 0.29) is 12.2 Å². The summed E-state index contributed by atoms with van der Waals surface area (Å²) in [5, 5.41) is 9.12. The van der Waals surface area contributed by atoms with Crippen LogP contribution in [0.3, 0.4) is 0 Å². The summed E-state index contributed by atoms with van der Waals surface area (Å²) in [7, 11) is 0. The molecule has 2 unspecified atom stereocenters. The topological polar surface area (TPSA) is 75.8 Å². The number of ether oxygens (including phenoxy) is 1. The Balaban J connectivity index is 1.98. The quantitative estimate of drug-likeness (QED) is 0.734. The van der Waals surface area contributed by atoms with E-state index >= 15 is 0 Å². The predicted molar refractivity (Wildman–Crippen MR) is 63.8 cm³/mol. The molecule has 0 aromatic heterocycles. The van der Waals surface area contributed by atoms with Gasteiger partial charge in [0.15, 0.2) is 0 Å². The third kappa shape index (κ3) is 2.61. The van der Waals surface area contributed by atoms with Gasteiger partial charge in [-0.15, -0.1) is 0 Å². The number of hydrogen-bond donors (Lipinski definition) is 2. The van der Waals surface area contributed by atoms with Crippen molar-refractivity contribution >= 4 is 5.97 Å². The molecule has 0 radical (unpaired) electrons. The van der Waals surface area contributed by atoms with Gasteiger partial charge in [-0.1, -0.05) is 0 Å². The standard InChI is InChI=1S/C12H22N2O3/c1-8-6-14(7-9(2)17-8)10-3-4-12(13,5-10)11(15)16/h8-10H,3-7,13H2,1-2H3,(H,15,16)/t8-,9+,10?,12?. The second-order valence-electron chi connectivity index (χ2n) is 5.57. The Morgan fingerprint density at radius 1 is 1.41 bits per heavy atom. The molecule has 17 heavy (non-hydrogen) atoms. The van der Waals surface area contributed by atoms with E-state index in [9.17, 15) is 4.79 Å². The molecular weight excluding hydrogens is 220 g/mol. The molecule has 98 valence electrons. The normalized spacial score (nSPS) is 43.8. The van der Waals surface area contributed by atoms with Crippen LogP contribution >= 0.6 is 0 Å². The molecule has 2 aliphatic rings. The van der Waals surface area contributed by atoms with Gasteiger partial charge in [0, 0.05) is 19.1 Å². The van der Waals surface area contributed by atoms with Crippen LogP contribution in [0.4, 0.5) is 0 Å². The van der Waals surface area contributed by atoms with Crippen LogP contribution in [0.1, 0.15) is 33.1 Å². The molecule has 2 rings (SSSR count). The van der Waals surface area contributed by atoms with Crippen LogP contribution in [0.25, 0.3) is 0 Å². The predicted octanol–water partition coefficient (Wildman–Crippen LogP) is 0.430. The first kappa shape index (κ1) is 12.8. The minimum absolute atomic E-state index is 0.219. The molecule has 1 saturated heterocycles. The highest BCUT2D eigenvalue weighted by Gasteiger charge is 2.44. The van der Waals surface area contributed by atoms with E-state index < -0.39 is 11.5 Å². The lowest BCUT2D eigenvalue weighted by atomic mass is 9.99. The van der Waals surface area contributed by atoms with Crippen LogP contribution in [0.5, 0.6) is 0 Å². The van der Waals surface area contributed by atoms with Gasteiger partial charge < -0.3 is 15.6 Å². The molecule has 0 bridgehead atoms. The summed E-state index contributed by atoms with van der Waals surface area (Å²) in [6.07, 6.45) is 2.45. The number of rotatable bonds is 2. The second kappa shape index (κ2) is 4.55. The van der Waals surface area contributed by atoms with Crippen LogP contribution < -0.4 is 5.73 Å². The lowest BCUT2D eigenvalue weighted by molar-refractivity contribution is -0.143. The van der Waals surface area contributed by atoms with Crippen molar-refractivity contribution in [2.24, 2.45) is 5.73 Å². The lowest BCUT2D eigenvalue weighted by Gasteiger charge is -2.39. The number of hydrogen-bond acceptors (Lipinski definition) is 4. The van der Waals surface area contributed by atoms with Gasteiger partial charge in [-0.2, -0.15) is 0 Å². The number of carboxylic acid groups (broad SMARTS) is 1. The van der Waals surface area contributed by atoms with Gasteiger partial charge in [-0.05, 0) is 33.1 Å². The van der Waals surface area contributed by atoms with Crippen LogP contribution in [-0.4, -0.2) is 52.9 Å². The maximum Gasteiger partial charge on any atom is 0.323 e. The van der Waals surface area contributed by atoms with Crippen molar-refractivity contribution in [1.29, 1.82) is 0 Å². The Morgan fingerprint density at radius 2 is 2.00 bits per heavy atom. The molecule has 3 N–H and O–H groups in total. The smallest absolute Gasteiger partial charge is 0.323 e. The van der Waals surface area contributed by atoms with E-state index in [1.54, 1.807) is 0 Å². The maximum atomic E-state index is 11.1. The number of nitrogens with two attached hydrogens (primary N) is 1. The molecule has 4 atom stereocenters. The van der Waals surface area contributed by atoms with Gasteiger partial charge >= 0.3 is 5.97 Å². The second-order valence-corrected chi connectivity index (χ2v) is 5.57. The van der Waals surface area contributed by atoms with E-state index in [0.29, 0.717) is 18.9 Å². The van der Waals surface area contributed by atoms with Gasteiger partial charge in [0.25, 0.3) is 0 Å². The molecular formula is C12H22N2O3. The van der Waals surface area contributed by atoms with Crippen molar-refractivity contribution in [3.8, 4) is 0 Å². The molecule has 0 spiro atoms. The Kier molecular flexibility index (Phi) is 3.43. The van der Waals surface area contributed by atoms with Crippen molar-refractivity contribution in [3.05, 3.63) is 0 Å². The first-order valence-electron chi connectivity index (χ1n) is 6.32. The summed E-state index contributed by atoms with van der Waals surface area (Å²) in [5.41, 5.74) is 4.89. The fourth-order valence-corrected chi connectivity index (χ4v) is 3.07. The van der Waals surface area contributed by atoms with Crippen LogP contribution in [0.15, 0.2) is 0 Å². The minimum Gasteiger partial charge on any atom is -0.480 e. The van der Waals surface area contributed by atoms with Crippen LogP contribution in [0.2, 0.25) is 0 Å². The van der Waals surface area contributed by atoms with Gasteiger partial charge in [-0.3, -0.25) is 9.69 Å². The molecule has 0 aromatic carbocycles. The largest absolute Gasteiger partial charge is 0.480 e. The average molecular weight is 242 g/mol. The van der Waals surface area contributed by atoms with Gasteiger partial charge in [0.2, 0.25) is 0 Å². The third-order valence-corrected chi connectivity index (χ3v) is 3.91. The summed E-state index contributed by atoms with van der Waals surface area (Å²) < 4.78 is 5.69. The van der Waals surface area contributed by atoms with Crippen molar-refractivity contribution in [2.45, 2.75) is 56.9 Å². The SMILES string of the molecule is C[C@@H]1CN(C2CCC(N)(C(=O)O)C2)C[C@H](C)O1. The van der Waals surface area contributed by atoms with Crippen molar-refractivity contribution in [2.75, 3.05) is 13.1 Å². The van der Waals surface area contributed by atoms with Crippen LogP contribution in [0, 0.1) is 0 Å². The van der Waals surface area contributed by atoms with E-state index in [1.807, 2.05) is 0 Å². The Morgan fingerprint density at radius 3 is 2.47 bits per heavy atom. The number of aliphatic carboxylic acids is 1. The lowest BCUT2D eigenvalue weighted by Crippen LogP contribution is -2.52. The van der Waals surface area contributed by atoms with E-state index in [1.165, 1.54) is 0 Å². The van der Waals surface area contributed by atoms with E-state index in [2.05, 4.69) is 18.7 Å². The molecule has 1 aliphatic heterocycles. The van der Waals surface area contributed by atoms with Crippen molar-refractivity contribution in [3.63, 3.8) is 0 Å². The highest BCUT2D eigenvalue weighted by molar-refractivity contribution is 5.79. The Bertz CT molecular complexity index is 300. The first-order chi connectivity index (χ1) is 7.90. The Hall–Kier alpha value is -0.650. The number of carboxylic acids is 1. The molecule has 1 heterocycles. The highest BCUT2D eigenvalue weighted by atomic mass is 16.5. The van der Waals surface area contributed by atoms with Crippen molar-refractivity contribution in [1.82, 2.24) is 4.90 Å². The summed E-state index contributed by atoms with van der Waals surface area (Å²) in [6, 6.07) is 0.296. The summed E-state index contributed by atoms with van der Waals surface area (Å²) >= 11 is 0. The fourth-order valence-electron chi connectivity index (χ4n) is 3.07. The molecule has 5 nitrogen and oxygen atoms in total. The fraction of sp³-hybridized carbons (Fsp3) is 0.917. The number of carbonyl (C=O) groups is 1. The molecule has 1 saturated carbocycles. The third-order valence-electron chi connectivity index (χ3n) is 3.91. The summed E-state index contributed by atoms with van der Waals surface area (Å²) in [5.74, 6) is -0.866. The Labute approximate surface area is 102 Å². The molecule has 0 amide bonds. The monoisotopic (exact) mass is 242 g/mol. The van der Waals surface area contributed by atoms with Crippen molar-refractivity contribution < 1.29 is 14.6 Å². The zero-order valence-corrected chi connectivity index (χ0v) is 10.6. The summed E-state index contributed by atoms with van der Waals surface area (Å²) in [4.78, 5) is 13.5. The molecule has 5 heteroatoms. The summed E-state index contributed by atoms with van der Waals surface area (Å²) in [6.45, 7) is 5.88. The maximum absolute atomic E-state index is 11.1. The molecule has 1 aliphatic carbocycles. The average Bonchev–Trinajstić information content (AvgIpc) is 2.61. The van der Waals surface area contributed by atoms with Gasteiger partial charge in [0.1, 0.15) is 5.54 Å². The highest BCUT2D eigenvalue weighted by Crippen LogP contribution is 2.32.